The molecular formula is C27H31N3O11. The maximum atomic E-state index is 13.3. The van der Waals surface area contributed by atoms with Crippen molar-refractivity contribution >= 4 is 23.4 Å². The number of nitrogens with two attached hydrogens (primary N) is 2. The van der Waals surface area contributed by atoms with E-state index in [0.29, 0.717) is 0 Å². The molecule has 220 valence electrons. The third-order valence-electron chi connectivity index (χ3n) is 7.61. The van der Waals surface area contributed by atoms with E-state index in [1.54, 1.807) is 19.1 Å². The second-order valence-electron chi connectivity index (χ2n) is 10.3. The second-order valence-corrected chi connectivity index (χ2v) is 10.3. The number of urea groups is 1. The van der Waals surface area contributed by atoms with Gasteiger partial charge in [0, 0.05) is 47.6 Å². The van der Waals surface area contributed by atoms with Gasteiger partial charge in [-0.15, -0.1) is 0 Å². The van der Waals surface area contributed by atoms with Crippen molar-refractivity contribution in [3.8, 4) is 11.5 Å². The molecule has 6 atom stereocenters. The molecule has 3 aliphatic rings. The van der Waals surface area contributed by atoms with Crippen LogP contribution in [0.25, 0.3) is 0 Å². The number of phenolic OH excluding ortho intramolecular Hbond substituents is 2. The molecule has 1 heterocycles. The lowest BCUT2D eigenvalue weighted by molar-refractivity contribution is -0.247. The number of benzene rings is 2. The number of aliphatic hydroxyl groups excluding tert-OH is 1. The maximum Gasteiger partial charge on any atom is 0.335 e. The molecule has 2 amide bonds. The number of hydrogen-bond donors (Lipinski definition) is 8. The van der Waals surface area contributed by atoms with Gasteiger partial charge in [-0.2, -0.15) is 0 Å². The number of carbonyl (C=O) groups is 4. The maximum absolute atomic E-state index is 13.3. The second kappa shape index (κ2) is 11.2. The molecule has 1 aliphatic heterocycles. The van der Waals surface area contributed by atoms with Gasteiger partial charge in [0.2, 0.25) is 0 Å². The standard InChI is InChI=1S/C26H27NO9.CH4N2O2/c1-10-21(29)15(27)7-17(35-10)36-16-9-26(34,11(2)28)8-14-18(16)25(33)20-19(24(14)32)22(30)12-5-3-4-6-13(12)23(20)31;2-1(4)3-5/h3-6,10,15-17,21,29,32-34H,7-9,27H2,1-2H3;5H,(H3,2,3,4)/t10-,15-,16-,17-,21+,26-;/m0./s1. The summed E-state index contributed by atoms with van der Waals surface area (Å²) in [5.74, 6) is -3.06. The van der Waals surface area contributed by atoms with Gasteiger partial charge < -0.3 is 41.4 Å². The lowest BCUT2D eigenvalue weighted by Crippen LogP contribution is -2.52. The predicted octanol–water partition coefficient (Wildman–Crippen LogP) is 0.0642. The first kappa shape index (κ1) is 30.0. The first-order chi connectivity index (χ1) is 19.2. The molecule has 2 aromatic rings. The van der Waals surface area contributed by atoms with Crippen molar-refractivity contribution in [3.63, 3.8) is 0 Å². The van der Waals surface area contributed by atoms with Gasteiger partial charge in [-0.05, 0) is 13.8 Å². The van der Waals surface area contributed by atoms with Gasteiger partial charge in [-0.25, -0.2) is 10.3 Å². The summed E-state index contributed by atoms with van der Waals surface area (Å²) in [6.07, 6.45) is -4.38. The molecule has 0 unspecified atom stereocenters. The van der Waals surface area contributed by atoms with Crippen LogP contribution in [-0.2, 0) is 20.7 Å². The highest BCUT2D eigenvalue weighted by molar-refractivity contribution is 6.30. The minimum atomic E-state index is -1.97. The van der Waals surface area contributed by atoms with Crippen LogP contribution in [0.5, 0.6) is 11.5 Å². The van der Waals surface area contributed by atoms with Crippen molar-refractivity contribution in [2.24, 2.45) is 11.5 Å². The van der Waals surface area contributed by atoms with Crippen molar-refractivity contribution in [1.29, 1.82) is 0 Å². The van der Waals surface area contributed by atoms with Crippen LogP contribution >= 0.6 is 0 Å². The number of amides is 2. The minimum absolute atomic E-state index is 0.00588. The molecule has 0 spiro atoms. The zero-order chi connectivity index (χ0) is 30.4. The Balaban J connectivity index is 0.000000714. The quantitative estimate of drug-likeness (QED) is 0.118. The molecule has 14 heteroatoms. The summed E-state index contributed by atoms with van der Waals surface area (Å²) in [7, 11) is 0. The number of phenols is 2. The molecule has 1 fully saturated rings. The molecule has 2 aromatic carbocycles. The fourth-order valence-corrected chi connectivity index (χ4v) is 5.42. The molecule has 0 bridgehead atoms. The van der Waals surface area contributed by atoms with Crippen LogP contribution in [0.15, 0.2) is 24.3 Å². The lowest BCUT2D eigenvalue weighted by Gasteiger charge is -2.42. The Morgan fingerprint density at radius 1 is 1.10 bits per heavy atom. The molecule has 10 N–H and O–H groups in total. The Morgan fingerprint density at radius 3 is 2.12 bits per heavy atom. The zero-order valence-corrected chi connectivity index (χ0v) is 22.2. The fourth-order valence-electron chi connectivity index (χ4n) is 5.42. The Hall–Kier alpha value is -3.92. The highest BCUT2D eigenvalue weighted by Crippen LogP contribution is 2.52. The average Bonchev–Trinajstić information content (AvgIpc) is 2.92. The summed E-state index contributed by atoms with van der Waals surface area (Å²) in [5.41, 5.74) is 8.84. The van der Waals surface area contributed by atoms with Crippen molar-refractivity contribution < 1.29 is 54.3 Å². The predicted molar refractivity (Wildman–Crippen MR) is 138 cm³/mol. The zero-order valence-electron chi connectivity index (χ0n) is 22.2. The number of carbonyl (C=O) groups excluding carboxylic acids is 4. The van der Waals surface area contributed by atoms with Crippen LogP contribution in [-0.4, -0.2) is 79.2 Å². The normalized spacial score (nSPS) is 28.4. The first-order valence-electron chi connectivity index (χ1n) is 12.7. The van der Waals surface area contributed by atoms with E-state index in [9.17, 15) is 39.6 Å². The topological polar surface area (TPSA) is 252 Å². The highest BCUT2D eigenvalue weighted by atomic mass is 16.7. The van der Waals surface area contributed by atoms with E-state index in [2.05, 4.69) is 5.73 Å². The Bertz CT molecular complexity index is 1420. The Morgan fingerprint density at radius 2 is 1.63 bits per heavy atom. The molecular weight excluding hydrogens is 542 g/mol. The number of fused-ring (bicyclic) bond motifs is 3. The SMILES string of the molecule is CC(=O)[C@]1(O)Cc2c(O)c3c(c(O)c2[C@@H](O[C@H]2C[C@H](N)[C@H](O)[C@H](C)O2)C1)C(=O)c1ccccc1C3=O.NC(=O)NO. The lowest BCUT2D eigenvalue weighted by atomic mass is 9.72. The van der Waals surface area contributed by atoms with E-state index >= 15 is 0 Å². The summed E-state index contributed by atoms with van der Waals surface area (Å²) in [6.45, 7) is 2.80. The number of Topliss-reactive ketones (excluding diaryl/α,β-unsaturated/α-hetero) is 1. The summed E-state index contributed by atoms with van der Waals surface area (Å²) in [4.78, 5) is 48.3. The highest BCUT2D eigenvalue weighted by Gasteiger charge is 2.49. The number of primary amides is 1. The largest absolute Gasteiger partial charge is 0.507 e. The van der Waals surface area contributed by atoms with Crippen LogP contribution < -0.4 is 16.9 Å². The van der Waals surface area contributed by atoms with Gasteiger partial charge in [-0.3, -0.25) is 19.6 Å². The first-order valence-corrected chi connectivity index (χ1v) is 12.7. The molecule has 5 rings (SSSR count). The Kier molecular flexibility index (Phi) is 8.18. The third-order valence-corrected chi connectivity index (χ3v) is 7.61. The number of ether oxygens (including phenoxy) is 2. The monoisotopic (exact) mass is 573 g/mol. The number of nitrogens with one attached hydrogen (secondary N) is 1. The van der Waals surface area contributed by atoms with E-state index < -0.39 is 77.5 Å². The van der Waals surface area contributed by atoms with Gasteiger partial charge in [0.15, 0.2) is 23.6 Å². The molecule has 0 aromatic heterocycles. The molecule has 2 aliphatic carbocycles. The molecule has 41 heavy (non-hydrogen) atoms. The molecule has 0 saturated carbocycles. The summed E-state index contributed by atoms with van der Waals surface area (Å²) < 4.78 is 11.8. The van der Waals surface area contributed by atoms with E-state index in [0.717, 1.165) is 0 Å². The van der Waals surface area contributed by atoms with Crippen molar-refractivity contribution in [2.45, 2.75) is 69.4 Å². The van der Waals surface area contributed by atoms with Crippen molar-refractivity contribution in [2.75, 3.05) is 0 Å². The number of aliphatic hydroxyl groups is 2. The molecule has 14 nitrogen and oxygen atoms in total. The molecule has 1 saturated heterocycles. The number of rotatable bonds is 3. The van der Waals surface area contributed by atoms with E-state index in [1.807, 2.05) is 0 Å². The summed E-state index contributed by atoms with van der Waals surface area (Å²) >= 11 is 0. The smallest absolute Gasteiger partial charge is 0.335 e. The third kappa shape index (κ3) is 5.28. The van der Waals surface area contributed by atoms with E-state index in [-0.39, 0.29) is 46.2 Å². The minimum Gasteiger partial charge on any atom is -0.507 e. The number of ketones is 3. The van der Waals surface area contributed by atoms with Crippen LogP contribution in [0.1, 0.15) is 75.8 Å². The molecule has 0 radical (unpaired) electrons. The van der Waals surface area contributed by atoms with Gasteiger partial charge in [0.05, 0.1) is 29.4 Å². The van der Waals surface area contributed by atoms with Crippen molar-refractivity contribution in [1.82, 2.24) is 5.48 Å². The van der Waals surface area contributed by atoms with Crippen LogP contribution in [0, 0.1) is 0 Å². The number of aromatic hydroxyl groups is 2. The fraction of sp³-hybridized carbons (Fsp3) is 0.407. The summed E-state index contributed by atoms with van der Waals surface area (Å²) in [5, 5.41) is 51.2. The van der Waals surface area contributed by atoms with Crippen LogP contribution in [0.2, 0.25) is 0 Å². The van der Waals surface area contributed by atoms with Crippen LogP contribution in [0.3, 0.4) is 0 Å². The van der Waals surface area contributed by atoms with Gasteiger partial charge in [0.1, 0.15) is 17.1 Å². The van der Waals surface area contributed by atoms with E-state index in [1.165, 1.54) is 24.5 Å². The van der Waals surface area contributed by atoms with Crippen molar-refractivity contribution in [3.05, 3.63) is 57.6 Å². The average molecular weight is 574 g/mol. The van der Waals surface area contributed by atoms with Gasteiger partial charge >= 0.3 is 6.03 Å². The number of hydroxylamine groups is 1. The summed E-state index contributed by atoms with van der Waals surface area (Å²) in [6, 6.07) is 4.46. The van der Waals surface area contributed by atoms with E-state index in [4.69, 9.17) is 20.4 Å². The number of hydrogen-bond acceptors (Lipinski definition) is 12. The Labute approximate surface area is 233 Å². The van der Waals surface area contributed by atoms with Gasteiger partial charge in [-0.1, -0.05) is 24.3 Å². The van der Waals surface area contributed by atoms with Crippen LogP contribution in [0.4, 0.5) is 4.79 Å². The van der Waals surface area contributed by atoms with Gasteiger partial charge in [0.25, 0.3) is 0 Å².